The van der Waals surface area contributed by atoms with Crippen LogP contribution in [-0.2, 0) is 14.3 Å². The Hall–Kier alpha value is -4.23. The van der Waals surface area contributed by atoms with Gasteiger partial charge in [0, 0.05) is 23.2 Å². The maximum absolute atomic E-state index is 13.8. The van der Waals surface area contributed by atoms with Crippen molar-refractivity contribution in [2.45, 2.75) is 45.3 Å². The van der Waals surface area contributed by atoms with Gasteiger partial charge in [0.15, 0.2) is 6.23 Å². The van der Waals surface area contributed by atoms with Gasteiger partial charge in [-0.25, -0.2) is 9.78 Å². The Balaban J connectivity index is 1.45. The van der Waals surface area contributed by atoms with Crippen molar-refractivity contribution in [3.8, 4) is 11.1 Å². The number of imidazole rings is 1. The van der Waals surface area contributed by atoms with Crippen LogP contribution in [0.2, 0.25) is 0 Å². The summed E-state index contributed by atoms with van der Waals surface area (Å²) < 4.78 is 4.69. The number of anilines is 1. The zero-order valence-corrected chi connectivity index (χ0v) is 22.3. The fraction of sp³-hybridized carbons (Fsp3) is 0.281. The van der Waals surface area contributed by atoms with E-state index in [4.69, 9.17) is 4.74 Å². The van der Waals surface area contributed by atoms with E-state index >= 15 is 0 Å². The normalized spacial score (nSPS) is 14.9. The number of H-pyrrole nitrogens is 1. The summed E-state index contributed by atoms with van der Waals surface area (Å²) in [5, 5.41) is 11.6. The minimum atomic E-state index is -1.16. The summed E-state index contributed by atoms with van der Waals surface area (Å²) in [4.78, 5) is 34.6. The van der Waals surface area contributed by atoms with Crippen molar-refractivity contribution < 1.29 is 19.4 Å². The average molecular weight is 524 g/mol. The molecule has 1 aromatic heterocycles. The average Bonchev–Trinajstić information content (AvgIpc) is 3.36. The van der Waals surface area contributed by atoms with E-state index in [1.165, 1.54) is 18.1 Å². The topological polar surface area (TPSA) is 95.5 Å². The predicted octanol–water partition coefficient (Wildman–Crippen LogP) is 6.33. The number of fused-ring (bicyclic) bond motifs is 1. The van der Waals surface area contributed by atoms with Crippen LogP contribution >= 0.6 is 0 Å². The van der Waals surface area contributed by atoms with Gasteiger partial charge in [-0.05, 0) is 66.8 Å². The largest absolute Gasteiger partial charge is 0.466 e. The van der Waals surface area contributed by atoms with Crippen molar-refractivity contribution in [2.75, 3.05) is 12.0 Å². The minimum Gasteiger partial charge on any atom is -0.466 e. The third kappa shape index (κ3) is 5.94. The Morgan fingerprint density at radius 1 is 1.03 bits per heavy atom. The monoisotopic (exact) mass is 523 g/mol. The lowest BCUT2D eigenvalue weighted by Crippen LogP contribution is -2.40. The highest BCUT2D eigenvalue weighted by molar-refractivity contribution is 5.96. The molecule has 1 aliphatic rings. The van der Waals surface area contributed by atoms with Gasteiger partial charge in [-0.2, -0.15) is 0 Å². The summed E-state index contributed by atoms with van der Waals surface area (Å²) in [5.74, 6) is 0.192. The molecule has 0 aliphatic heterocycles. The number of methoxy groups -OCH3 is 1. The zero-order valence-electron chi connectivity index (χ0n) is 22.3. The molecule has 0 saturated heterocycles. The number of aliphatic hydroxyl groups excluding tert-OH is 1. The first-order valence-corrected chi connectivity index (χ1v) is 13.4. The number of hydrogen-bond donors (Lipinski definition) is 2. The molecule has 1 heterocycles. The highest BCUT2D eigenvalue weighted by Gasteiger charge is 2.32. The fourth-order valence-corrected chi connectivity index (χ4v) is 5.26. The number of ether oxygens (including phenoxy) is 1. The number of aromatic amines is 1. The molecule has 0 bridgehead atoms. The number of carbonyl (C=O) groups is 2. The molecule has 200 valence electrons. The van der Waals surface area contributed by atoms with Crippen LogP contribution in [-0.4, -0.2) is 34.1 Å². The molecule has 1 unspecified atom stereocenters. The van der Waals surface area contributed by atoms with Crippen molar-refractivity contribution in [1.29, 1.82) is 0 Å². The number of amides is 1. The Labute approximate surface area is 228 Å². The van der Waals surface area contributed by atoms with Crippen LogP contribution in [0.4, 0.5) is 5.69 Å². The second-order valence-corrected chi connectivity index (χ2v) is 10.0. The number of benzene rings is 3. The first-order chi connectivity index (χ1) is 18.9. The molecule has 1 fully saturated rings. The van der Waals surface area contributed by atoms with E-state index in [0.29, 0.717) is 11.3 Å². The second kappa shape index (κ2) is 11.7. The van der Waals surface area contributed by atoms with Gasteiger partial charge in [0.05, 0.1) is 18.1 Å². The predicted molar refractivity (Wildman–Crippen MR) is 153 cm³/mol. The lowest BCUT2D eigenvalue weighted by Gasteiger charge is -2.33. The van der Waals surface area contributed by atoms with Crippen molar-refractivity contribution in [1.82, 2.24) is 9.97 Å². The van der Waals surface area contributed by atoms with Crippen LogP contribution in [0.5, 0.6) is 0 Å². The first-order valence-electron chi connectivity index (χ1n) is 13.4. The van der Waals surface area contributed by atoms with E-state index in [-0.39, 0.29) is 11.8 Å². The van der Waals surface area contributed by atoms with Crippen molar-refractivity contribution in [3.63, 3.8) is 0 Å². The summed E-state index contributed by atoms with van der Waals surface area (Å²) in [5.41, 5.74) is 5.85. The number of nitrogens with one attached hydrogen (secondary N) is 1. The summed E-state index contributed by atoms with van der Waals surface area (Å²) in [6, 6.07) is 21.0. The molecular formula is C32H33N3O4. The van der Waals surface area contributed by atoms with Crippen LogP contribution in [0.3, 0.4) is 0 Å². The van der Waals surface area contributed by atoms with E-state index in [2.05, 4.69) is 16.0 Å². The number of nitrogens with zero attached hydrogens (tertiary/aromatic N) is 2. The SMILES string of the molecule is COC(=O)/C=C/c1cccc(N(C(=O)C2CCCCC2)C(O)c2ccc(-c3ccc4nc(C)[nH]c4c3)cc2)c1. The van der Waals surface area contributed by atoms with Gasteiger partial charge in [-0.1, -0.05) is 61.7 Å². The molecule has 2 N–H and O–H groups in total. The maximum Gasteiger partial charge on any atom is 0.330 e. The van der Waals surface area contributed by atoms with Gasteiger partial charge in [0.25, 0.3) is 0 Å². The van der Waals surface area contributed by atoms with Crippen molar-refractivity contribution in [2.24, 2.45) is 5.92 Å². The molecule has 1 aliphatic carbocycles. The van der Waals surface area contributed by atoms with Gasteiger partial charge >= 0.3 is 5.97 Å². The Bertz CT molecular complexity index is 1500. The van der Waals surface area contributed by atoms with E-state index in [1.54, 1.807) is 12.1 Å². The number of carbonyl (C=O) groups excluding carboxylic acids is 2. The highest BCUT2D eigenvalue weighted by Crippen LogP contribution is 2.34. The van der Waals surface area contributed by atoms with E-state index in [9.17, 15) is 14.7 Å². The molecule has 0 radical (unpaired) electrons. The Morgan fingerprint density at radius 3 is 2.51 bits per heavy atom. The number of aryl methyl sites for hydroxylation is 1. The third-order valence-electron chi connectivity index (χ3n) is 7.34. The van der Waals surface area contributed by atoms with Crippen LogP contribution < -0.4 is 4.90 Å². The smallest absolute Gasteiger partial charge is 0.330 e. The molecule has 1 amide bonds. The third-order valence-corrected chi connectivity index (χ3v) is 7.34. The standard InChI is InChI=1S/C32H33N3O4/c1-21-33-28-17-16-26(20-29(28)34-21)23-12-14-25(15-13-23)32(38)35(31(37)24-8-4-3-5-9-24)27-10-6-7-22(19-27)11-18-30(36)39-2/h6-7,10-20,24,32,38H,3-5,8-9H2,1-2H3,(H,33,34)/b18-11+. The van der Waals surface area contributed by atoms with Crippen molar-refractivity contribution >= 4 is 34.7 Å². The molecule has 3 aromatic carbocycles. The molecule has 7 heteroatoms. The van der Waals surface area contributed by atoms with Crippen LogP contribution in [0.1, 0.15) is 55.3 Å². The number of rotatable bonds is 7. The number of esters is 1. The number of aromatic nitrogens is 2. The van der Waals surface area contributed by atoms with Crippen molar-refractivity contribution in [3.05, 3.63) is 89.8 Å². The Kier molecular flexibility index (Phi) is 7.89. The zero-order chi connectivity index (χ0) is 27.4. The summed E-state index contributed by atoms with van der Waals surface area (Å²) in [6.45, 7) is 1.93. The molecule has 5 rings (SSSR count). The van der Waals surface area contributed by atoms with Crippen LogP contribution in [0.25, 0.3) is 28.2 Å². The molecule has 1 saturated carbocycles. The van der Waals surface area contributed by atoms with E-state index < -0.39 is 12.2 Å². The van der Waals surface area contributed by atoms with Gasteiger partial charge in [0.1, 0.15) is 5.82 Å². The van der Waals surface area contributed by atoms with Gasteiger partial charge in [-0.3, -0.25) is 9.69 Å². The maximum atomic E-state index is 13.8. The lowest BCUT2D eigenvalue weighted by atomic mass is 9.88. The lowest BCUT2D eigenvalue weighted by molar-refractivity contribution is -0.134. The van der Waals surface area contributed by atoms with Gasteiger partial charge in [-0.15, -0.1) is 0 Å². The number of aliphatic hydroxyl groups is 1. The molecule has 4 aromatic rings. The molecular weight excluding hydrogens is 490 g/mol. The molecule has 7 nitrogen and oxygen atoms in total. The summed E-state index contributed by atoms with van der Waals surface area (Å²) in [6.07, 6.45) is 6.60. The molecule has 1 atom stereocenters. The highest BCUT2D eigenvalue weighted by atomic mass is 16.5. The summed E-state index contributed by atoms with van der Waals surface area (Å²) in [7, 11) is 1.33. The first kappa shape index (κ1) is 26.4. The minimum absolute atomic E-state index is 0.0829. The van der Waals surface area contributed by atoms with E-state index in [1.807, 2.05) is 61.5 Å². The van der Waals surface area contributed by atoms with Gasteiger partial charge in [0.2, 0.25) is 5.91 Å². The second-order valence-electron chi connectivity index (χ2n) is 10.0. The van der Waals surface area contributed by atoms with Gasteiger partial charge < -0.3 is 14.8 Å². The Morgan fingerprint density at radius 2 is 1.77 bits per heavy atom. The number of hydrogen-bond acceptors (Lipinski definition) is 5. The quantitative estimate of drug-likeness (QED) is 0.168. The summed E-state index contributed by atoms with van der Waals surface area (Å²) >= 11 is 0. The molecule has 39 heavy (non-hydrogen) atoms. The fourth-order valence-electron chi connectivity index (χ4n) is 5.26. The van der Waals surface area contributed by atoms with Crippen LogP contribution in [0.15, 0.2) is 72.8 Å². The van der Waals surface area contributed by atoms with E-state index in [0.717, 1.165) is 65.7 Å². The van der Waals surface area contributed by atoms with Crippen LogP contribution in [0, 0.1) is 12.8 Å². The molecule has 0 spiro atoms.